The zero-order valence-corrected chi connectivity index (χ0v) is 18.3. The number of hydrogen-bond acceptors (Lipinski definition) is 6. The van der Waals surface area contributed by atoms with E-state index in [1.54, 1.807) is 27.4 Å². The minimum Gasteiger partial charge on any atom is -0.497 e. The van der Waals surface area contributed by atoms with Crippen molar-refractivity contribution < 1.29 is 23.7 Å². The Labute approximate surface area is 183 Å². The van der Waals surface area contributed by atoms with Crippen molar-refractivity contribution in [3.63, 3.8) is 0 Å². The Morgan fingerprint density at radius 1 is 1.03 bits per heavy atom. The van der Waals surface area contributed by atoms with Crippen LogP contribution in [0.15, 0.2) is 48.5 Å². The number of rotatable bonds is 9. The van der Waals surface area contributed by atoms with Gasteiger partial charge in [0.15, 0.2) is 11.5 Å². The highest BCUT2D eigenvalue weighted by Crippen LogP contribution is 2.28. The molecule has 7 nitrogen and oxygen atoms in total. The van der Waals surface area contributed by atoms with Crippen LogP contribution in [0.4, 0.5) is 0 Å². The average molecular weight is 427 g/mol. The van der Waals surface area contributed by atoms with E-state index in [0.717, 1.165) is 30.0 Å². The molecule has 1 saturated heterocycles. The molecule has 2 aromatic carbocycles. The monoisotopic (exact) mass is 426 g/mol. The number of nitrogens with zero attached hydrogens (tertiary/aromatic N) is 1. The standard InChI is InChI=1S/C24H30N2O5/c1-28-20-8-6-19(7-9-20)21(26-12-14-31-15-13-26)17-25-24(27)11-5-18-4-10-22(29-2)23(16-18)30-3/h4-11,16,21H,12-15,17H2,1-3H3,(H,25,27)/b11-5+. The molecule has 2 aromatic rings. The molecule has 1 aliphatic rings. The van der Waals surface area contributed by atoms with Gasteiger partial charge in [0.05, 0.1) is 40.6 Å². The highest BCUT2D eigenvalue weighted by molar-refractivity contribution is 5.91. The topological polar surface area (TPSA) is 69.3 Å². The number of methoxy groups -OCH3 is 3. The van der Waals surface area contributed by atoms with E-state index in [2.05, 4.69) is 10.2 Å². The summed E-state index contributed by atoms with van der Waals surface area (Å²) in [5.74, 6) is 1.93. The lowest BCUT2D eigenvalue weighted by atomic mass is 10.0. The Morgan fingerprint density at radius 2 is 1.74 bits per heavy atom. The molecule has 0 aliphatic carbocycles. The lowest BCUT2D eigenvalue weighted by Gasteiger charge is -2.34. The number of benzene rings is 2. The Balaban J connectivity index is 1.65. The molecule has 1 N–H and O–H groups in total. The van der Waals surface area contributed by atoms with Gasteiger partial charge in [0.2, 0.25) is 5.91 Å². The predicted octanol–water partition coefficient (Wildman–Crippen LogP) is 2.92. The fraction of sp³-hybridized carbons (Fsp3) is 0.375. The first-order valence-corrected chi connectivity index (χ1v) is 10.3. The minimum atomic E-state index is -0.151. The molecule has 0 spiro atoms. The van der Waals surface area contributed by atoms with Crippen molar-refractivity contribution in [3.8, 4) is 17.2 Å². The number of morpholine rings is 1. The van der Waals surface area contributed by atoms with Crippen molar-refractivity contribution in [2.45, 2.75) is 6.04 Å². The van der Waals surface area contributed by atoms with E-state index in [-0.39, 0.29) is 11.9 Å². The van der Waals surface area contributed by atoms with Crippen molar-refractivity contribution in [3.05, 3.63) is 59.7 Å². The second-order valence-electron chi connectivity index (χ2n) is 7.13. The maximum atomic E-state index is 12.5. The Kier molecular flexibility index (Phi) is 8.32. The van der Waals surface area contributed by atoms with Crippen LogP contribution in [0.3, 0.4) is 0 Å². The van der Waals surface area contributed by atoms with Gasteiger partial charge in [0.1, 0.15) is 5.75 Å². The van der Waals surface area contributed by atoms with Gasteiger partial charge in [-0.25, -0.2) is 0 Å². The van der Waals surface area contributed by atoms with Crippen molar-refractivity contribution in [1.82, 2.24) is 10.2 Å². The summed E-state index contributed by atoms with van der Waals surface area (Å²) < 4.78 is 21.3. The largest absolute Gasteiger partial charge is 0.497 e. The SMILES string of the molecule is COc1ccc(C(CNC(=O)/C=C/c2ccc(OC)c(OC)c2)N2CCOCC2)cc1. The number of carbonyl (C=O) groups excluding carboxylic acids is 1. The van der Waals surface area contributed by atoms with Crippen LogP contribution in [0.1, 0.15) is 17.2 Å². The number of ether oxygens (including phenoxy) is 4. The number of nitrogens with one attached hydrogen (secondary N) is 1. The molecule has 31 heavy (non-hydrogen) atoms. The van der Waals surface area contributed by atoms with Crippen molar-refractivity contribution >= 4 is 12.0 Å². The summed E-state index contributed by atoms with van der Waals surface area (Å²) >= 11 is 0. The molecule has 1 unspecified atom stereocenters. The van der Waals surface area contributed by atoms with Gasteiger partial charge in [0, 0.05) is 25.7 Å². The Hall–Kier alpha value is -3.03. The first-order valence-electron chi connectivity index (χ1n) is 10.3. The third-order valence-corrected chi connectivity index (χ3v) is 5.29. The molecule has 166 valence electrons. The summed E-state index contributed by atoms with van der Waals surface area (Å²) in [4.78, 5) is 14.8. The summed E-state index contributed by atoms with van der Waals surface area (Å²) in [5, 5.41) is 3.03. The molecule has 1 heterocycles. The molecule has 3 rings (SSSR count). The maximum Gasteiger partial charge on any atom is 0.244 e. The lowest BCUT2D eigenvalue weighted by molar-refractivity contribution is -0.116. The van der Waals surface area contributed by atoms with Crippen LogP contribution in [-0.4, -0.2) is 65.0 Å². The highest BCUT2D eigenvalue weighted by atomic mass is 16.5. The number of carbonyl (C=O) groups is 1. The van der Waals surface area contributed by atoms with Crippen LogP contribution in [0.25, 0.3) is 6.08 Å². The Morgan fingerprint density at radius 3 is 2.39 bits per heavy atom. The normalized spacial score (nSPS) is 15.5. The maximum absolute atomic E-state index is 12.5. The van der Waals surface area contributed by atoms with Crippen LogP contribution >= 0.6 is 0 Å². The van der Waals surface area contributed by atoms with Crippen molar-refractivity contribution in [1.29, 1.82) is 0 Å². The van der Waals surface area contributed by atoms with Gasteiger partial charge in [-0.2, -0.15) is 0 Å². The highest BCUT2D eigenvalue weighted by Gasteiger charge is 2.23. The molecule has 0 saturated carbocycles. The predicted molar refractivity (Wildman–Crippen MR) is 120 cm³/mol. The van der Waals surface area contributed by atoms with Crippen molar-refractivity contribution in [2.24, 2.45) is 0 Å². The molecule has 1 fully saturated rings. The third-order valence-electron chi connectivity index (χ3n) is 5.29. The van der Waals surface area contributed by atoms with Crippen LogP contribution < -0.4 is 19.5 Å². The first-order chi connectivity index (χ1) is 15.1. The van der Waals surface area contributed by atoms with E-state index in [4.69, 9.17) is 18.9 Å². The number of hydrogen-bond donors (Lipinski definition) is 1. The minimum absolute atomic E-state index is 0.0632. The van der Waals surface area contributed by atoms with Crippen molar-refractivity contribution in [2.75, 3.05) is 54.2 Å². The fourth-order valence-corrected chi connectivity index (χ4v) is 3.56. The van der Waals surface area contributed by atoms with Crippen LogP contribution in [-0.2, 0) is 9.53 Å². The summed E-state index contributed by atoms with van der Waals surface area (Å²) in [7, 11) is 4.83. The molecule has 7 heteroatoms. The van der Waals surface area contributed by atoms with E-state index >= 15 is 0 Å². The van der Waals surface area contributed by atoms with E-state index in [0.29, 0.717) is 31.3 Å². The van der Waals surface area contributed by atoms with Gasteiger partial charge in [-0.05, 0) is 41.5 Å². The zero-order chi connectivity index (χ0) is 22.1. The second-order valence-corrected chi connectivity index (χ2v) is 7.13. The third kappa shape index (κ3) is 6.23. The quantitative estimate of drug-likeness (QED) is 0.622. The van der Waals surface area contributed by atoms with E-state index in [1.807, 2.05) is 42.5 Å². The molecule has 1 amide bonds. The summed E-state index contributed by atoms with van der Waals surface area (Å²) in [6.07, 6.45) is 3.29. The lowest BCUT2D eigenvalue weighted by Crippen LogP contribution is -2.43. The molecular weight excluding hydrogens is 396 g/mol. The molecule has 0 bridgehead atoms. The van der Waals surface area contributed by atoms with Gasteiger partial charge >= 0.3 is 0 Å². The van der Waals surface area contributed by atoms with Crippen LogP contribution in [0.5, 0.6) is 17.2 Å². The van der Waals surface area contributed by atoms with Gasteiger partial charge in [-0.1, -0.05) is 18.2 Å². The molecule has 0 aromatic heterocycles. The average Bonchev–Trinajstić information content (AvgIpc) is 2.83. The zero-order valence-electron chi connectivity index (χ0n) is 18.3. The number of amides is 1. The van der Waals surface area contributed by atoms with Gasteiger partial charge < -0.3 is 24.3 Å². The molecular formula is C24H30N2O5. The first kappa shape index (κ1) is 22.7. The molecule has 1 atom stereocenters. The fourth-order valence-electron chi connectivity index (χ4n) is 3.56. The van der Waals surface area contributed by atoms with Crippen LogP contribution in [0, 0.1) is 0 Å². The van der Waals surface area contributed by atoms with Gasteiger partial charge in [-0.3, -0.25) is 9.69 Å². The molecule has 1 aliphatic heterocycles. The molecule has 0 radical (unpaired) electrons. The smallest absolute Gasteiger partial charge is 0.244 e. The van der Waals surface area contributed by atoms with E-state index < -0.39 is 0 Å². The van der Waals surface area contributed by atoms with Gasteiger partial charge in [0.25, 0.3) is 0 Å². The summed E-state index contributed by atoms with van der Waals surface area (Å²) in [6, 6.07) is 13.6. The summed E-state index contributed by atoms with van der Waals surface area (Å²) in [5.41, 5.74) is 1.99. The van der Waals surface area contributed by atoms with Gasteiger partial charge in [-0.15, -0.1) is 0 Å². The second kappa shape index (κ2) is 11.4. The Bertz CT molecular complexity index is 876. The van der Waals surface area contributed by atoms with E-state index in [1.165, 1.54) is 6.08 Å². The van der Waals surface area contributed by atoms with Crippen LogP contribution in [0.2, 0.25) is 0 Å². The van der Waals surface area contributed by atoms with E-state index in [9.17, 15) is 4.79 Å². The summed E-state index contributed by atoms with van der Waals surface area (Å²) in [6.45, 7) is 3.54.